The fourth-order valence-corrected chi connectivity index (χ4v) is 1.13. The van der Waals surface area contributed by atoms with Crippen LogP contribution in [0.15, 0.2) is 23.1 Å². The van der Waals surface area contributed by atoms with E-state index in [1.165, 1.54) is 0 Å². The minimum Gasteiger partial charge on any atom is -0.508 e. The number of aromatic hydroxyl groups is 1. The van der Waals surface area contributed by atoms with Gasteiger partial charge < -0.3 is 5.11 Å². The average Bonchev–Trinajstić information content (AvgIpc) is 1.80. The van der Waals surface area contributed by atoms with Crippen LogP contribution in [0.2, 0.25) is 0 Å². The summed E-state index contributed by atoms with van der Waals surface area (Å²) in [6.07, 6.45) is 0. The third kappa shape index (κ3) is 1.76. The Morgan fingerprint density at radius 2 is 2.11 bits per heavy atom. The smallest absolute Gasteiger partial charge is 0.116 e. The van der Waals surface area contributed by atoms with Crippen LogP contribution in [-0.4, -0.2) is 5.11 Å². The zero-order valence-corrected chi connectivity index (χ0v) is 7.56. The summed E-state index contributed by atoms with van der Waals surface area (Å²) in [4.78, 5) is 0.897. The van der Waals surface area contributed by atoms with Crippen LogP contribution < -0.4 is 0 Å². The highest BCUT2D eigenvalue weighted by molar-refractivity contribution is 14.1. The lowest BCUT2D eigenvalue weighted by Gasteiger charge is -1.95. The maximum absolute atomic E-state index is 8.90. The van der Waals surface area contributed by atoms with Gasteiger partial charge in [-0.3, -0.25) is 0 Å². The zero-order chi connectivity index (χ0) is 6.85. The number of phenols is 1. The lowest BCUT2D eigenvalue weighted by atomic mass is 10.3. The van der Waals surface area contributed by atoms with E-state index in [1.54, 1.807) is 18.2 Å². The Kier molecular flexibility index (Phi) is 2.23. The molecule has 0 saturated carbocycles. The van der Waals surface area contributed by atoms with Crippen LogP contribution in [0.5, 0.6) is 5.75 Å². The first-order valence-electron chi connectivity index (χ1n) is 2.37. The van der Waals surface area contributed by atoms with Crippen LogP contribution in [0.3, 0.4) is 0 Å². The van der Waals surface area contributed by atoms with Gasteiger partial charge in [0.2, 0.25) is 0 Å². The summed E-state index contributed by atoms with van der Waals surface area (Å²) in [5.74, 6) is 0.289. The van der Waals surface area contributed by atoms with Crippen molar-refractivity contribution in [2.75, 3.05) is 0 Å². The van der Waals surface area contributed by atoms with Crippen LogP contribution in [0.25, 0.3) is 0 Å². The molecule has 48 valence electrons. The number of halogens is 1. The predicted molar refractivity (Wildman–Crippen MR) is 48.1 cm³/mol. The van der Waals surface area contributed by atoms with Crippen molar-refractivity contribution in [1.29, 1.82) is 0 Å². The zero-order valence-electron chi connectivity index (χ0n) is 4.50. The van der Waals surface area contributed by atoms with Crippen molar-refractivity contribution in [3.8, 4) is 5.75 Å². The van der Waals surface area contributed by atoms with Crippen molar-refractivity contribution in [1.82, 2.24) is 0 Å². The van der Waals surface area contributed by atoms with E-state index in [-0.39, 0.29) is 5.75 Å². The molecule has 0 aromatic heterocycles. The molecule has 0 unspecified atom stereocenters. The first-order chi connectivity index (χ1) is 4.20. The summed E-state index contributed by atoms with van der Waals surface area (Å²) in [6.45, 7) is 0. The molecular weight excluding hydrogens is 247 g/mol. The van der Waals surface area contributed by atoms with Gasteiger partial charge in [-0.1, -0.05) is 0 Å². The van der Waals surface area contributed by atoms with E-state index in [9.17, 15) is 0 Å². The first kappa shape index (κ1) is 7.21. The topological polar surface area (TPSA) is 20.2 Å². The summed E-state index contributed by atoms with van der Waals surface area (Å²) in [7, 11) is 0. The Hall–Kier alpha value is 0.1000. The molecule has 0 aliphatic heterocycles. The number of hydrogen-bond acceptors (Lipinski definition) is 2. The molecule has 0 saturated heterocycles. The highest BCUT2D eigenvalue weighted by atomic mass is 127. The highest BCUT2D eigenvalue weighted by Gasteiger charge is 1.93. The van der Waals surface area contributed by atoms with Gasteiger partial charge in [0.25, 0.3) is 0 Å². The molecule has 0 fully saturated rings. The molecule has 0 aliphatic carbocycles. The molecule has 0 radical (unpaired) electrons. The third-order valence-corrected chi connectivity index (χ3v) is 2.64. The fourth-order valence-electron chi connectivity index (χ4n) is 0.496. The first-order valence-corrected chi connectivity index (χ1v) is 3.90. The van der Waals surface area contributed by atoms with E-state index in [2.05, 4.69) is 35.2 Å². The van der Waals surface area contributed by atoms with Crippen molar-refractivity contribution in [3.05, 3.63) is 21.8 Å². The molecule has 1 N–H and O–H groups in total. The molecule has 0 atom stereocenters. The summed E-state index contributed by atoms with van der Waals surface area (Å²) >= 11 is 6.24. The van der Waals surface area contributed by atoms with Crippen molar-refractivity contribution in [3.63, 3.8) is 0 Å². The van der Waals surface area contributed by atoms with E-state index in [4.69, 9.17) is 5.11 Å². The van der Waals surface area contributed by atoms with Crippen molar-refractivity contribution >= 4 is 35.2 Å². The van der Waals surface area contributed by atoms with Gasteiger partial charge >= 0.3 is 0 Å². The molecule has 0 heterocycles. The minimum absolute atomic E-state index is 0.289. The molecule has 1 rings (SSSR count). The Morgan fingerprint density at radius 1 is 1.44 bits per heavy atom. The Morgan fingerprint density at radius 3 is 2.56 bits per heavy atom. The van der Waals surface area contributed by atoms with E-state index < -0.39 is 0 Å². The molecule has 1 aromatic rings. The van der Waals surface area contributed by atoms with Crippen LogP contribution in [0.1, 0.15) is 0 Å². The van der Waals surface area contributed by atoms with Crippen LogP contribution >= 0.6 is 35.2 Å². The second kappa shape index (κ2) is 2.79. The number of rotatable bonds is 0. The molecule has 3 heteroatoms. The molecule has 1 aromatic carbocycles. The average molecular weight is 252 g/mol. The molecule has 9 heavy (non-hydrogen) atoms. The Balaban J connectivity index is 3.17. The molecular formula is C6H5IOS. The standard InChI is InChI=1S/C6H5IOS/c7-5-3-4(8)1-2-6(5)9/h1-3,8-9H. The van der Waals surface area contributed by atoms with Gasteiger partial charge in [0.1, 0.15) is 5.75 Å². The largest absolute Gasteiger partial charge is 0.508 e. The van der Waals surface area contributed by atoms with E-state index >= 15 is 0 Å². The quantitative estimate of drug-likeness (QED) is 0.536. The van der Waals surface area contributed by atoms with Gasteiger partial charge in [-0.15, -0.1) is 12.6 Å². The van der Waals surface area contributed by atoms with Crippen LogP contribution in [-0.2, 0) is 0 Å². The van der Waals surface area contributed by atoms with E-state index in [1.807, 2.05) is 0 Å². The SMILES string of the molecule is Oc1ccc(S)c(I)c1. The van der Waals surface area contributed by atoms with Crippen molar-refractivity contribution in [2.24, 2.45) is 0 Å². The minimum atomic E-state index is 0.289. The Labute approximate surface area is 72.6 Å². The van der Waals surface area contributed by atoms with Crippen molar-refractivity contribution in [2.45, 2.75) is 4.90 Å². The normalized spacial score (nSPS) is 9.56. The van der Waals surface area contributed by atoms with Gasteiger partial charge in [-0.25, -0.2) is 0 Å². The Bertz CT molecular complexity index is 224. The summed E-state index contributed by atoms with van der Waals surface area (Å²) in [6, 6.07) is 5.05. The molecule has 0 aliphatic rings. The second-order valence-electron chi connectivity index (χ2n) is 1.64. The maximum atomic E-state index is 8.90. The number of hydrogen-bond donors (Lipinski definition) is 2. The van der Waals surface area contributed by atoms with Gasteiger partial charge in [0.05, 0.1) is 0 Å². The van der Waals surface area contributed by atoms with Crippen LogP contribution in [0, 0.1) is 3.57 Å². The van der Waals surface area contributed by atoms with Gasteiger partial charge in [-0.05, 0) is 40.8 Å². The molecule has 0 amide bonds. The summed E-state index contributed by atoms with van der Waals surface area (Å²) in [5.41, 5.74) is 0. The summed E-state index contributed by atoms with van der Waals surface area (Å²) < 4.78 is 0.968. The molecule has 1 nitrogen and oxygen atoms in total. The predicted octanol–water partition coefficient (Wildman–Crippen LogP) is 2.29. The highest BCUT2D eigenvalue weighted by Crippen LogP contribution is 2.20. The summed E-state index contributed by atoms with van der Waals surface area (Å²) in [5, 5.41) is 8.90. The monoisotopic (exact) mass is 252 g/mol. The van der Waals surface area contributed by atoms with E-state index in [0.717, 1.165) is 8.47 Å². The van der Waals surface area contributed by atoms with Crippen LogP contribution in [0.4, 0.5) is 0 Å². The number of thiol groups is 1. The fraction of sp³-hybridized carbons (Fsp3) is 0. The van der Waals surface area contributed by atoms with Gasteiger partial charge in [0.15, 0.2) is 0 Å². The van der Waals surface area contributed by atoms with E-state index in [0.29, 0.717) is 0 Å². The van der Waals surface area contributed by atoms with Gasteiger partial charge in [-0.2, -0.15) is 0 Å². The van der Waals surface area contributed by atoms with Crippen molar-refractivity contribution < 1.29 is 5.11 Å². The molecule has 0 bridgehead atoms. The lowest BCUT2D eigenvalue weighted by molar-refractivity contribution is 0.474. The van der Waals surface area contributed by atoms with Gasteiger partial charge in [0, 0.05) is 8.47 Å². The lowest BCUT2D eigenvalue weighted by Crippen LogP contribution is -1.72. The third-order valence-electron chi connectivity index (χ3n) is 0.931. The number of benzene rings is 1. The molecule has 0 spiro atoms. The maximum Gasteiger partial charge on any atom is 0.116 e. The number of phenolic OH excluding ortho intramolecular Hbond substituents is 1. The second-order valence-corrected chi connectivity index (χ2v) is 3.28.